The van der Waals surface area contributed by atoms with Crippen LogP contribution >= 0.6 is 11.6 Å². The number of aliphatic hydroxyl groups excluding tert-OH is 1. The van der Waals surface area contributed by atoms with E-state index < -0.39 is 6.10 Å². The van der Waals surface area contributed by atoms with Crippen LogP contribution in [-0.2, 0) is 4.74 Å². The van der Waals surface area contributed by atoms with Crippen molar-refractivity contribution in [2.24, 2.45) is 0 Å². The van der Waals surface area contributed by atoms with E-state index in [0.29, 0.717) is 23.4 Å². The second kappa shape index (κ2) is 6.21. The van der Waals surface area contributed by atoms with Crippen molar-refractivity contribution in [3.63, 3.8) is 0 Å². The Morgan fingerprint density at radius 2 is 2.24 bits per heavy atom. The van der Waals surface area contributed by atoms with Gasteiger partial charge in [0.05, 0.1) is 24.3 Å². The van der Waals surface area contributed by atoms with Crippen LogP contribution in [0.1, 0.15) is 0 Å². The molecule has 4 nitrogen and oxygen atoms in total. The topological polar surface area (TPSA) is 50.7 Å². The molecule has 2 rings (SSSR count). The number of hydrogen-bond acceptors (Lipinski definition) is 4. The van der Waals surface area contributed by atoms with Crippen LogP contribution in [0.25, 0.3) is 0 Å². The van der Waals surface area contributed by atoms with Crippen LogP contribution in [0.3, 0.4) is 0 Å². The number of aliphatic hydroxyl groups is 1. The van der Waals surface area contributed by atoms with E-state index in [1.54, 1.807) is 12.1 Å². The van der Waals surface area contributed by atoms with Crippen molar-refractivity contribution in [3.05, 3.63) is 29.3 Å². The minimum atomic E-state index is -0.549. The van der Waals surface area contributed by atoms with Crippen molar-refractivity contribution in [3.8, 4) is 5.75 Å². The first-order valence-electron chi connectivity index (χ1n) is 5.62. The molecule has 0 amide bonds. The summed E-state index contributed by atoms with van der Waals surface area (Å²) >= 11 is 5.93. The first-order chi connectivity index (χ1) is 8.25. The monoisotopic (exact) mass is 257 g/mol. The molecule has 0 spiro atoms. The molecule has 0 bridgehead atoms. The fourth-order valence-corrected chi connectivity index (χ4v) is 1.65. The number of benzene rings is 1. The number of nitrogens with one attached hydrogen (secondary N) is 1. The van der Waals surface area contributed by atoms with Gasteiger partial charge < -0.3 is 19.9 Å². The predicted octanol–water partition coefficient (Wildman–Crippen LogP) is 1.07. The minimum Gasteiger partial charge on any atom is -0.489 e. The Bertz CT molecular complexity index is 357. The van der Waals surface area contributed by atoms with E-state index in [2.05, 4.69) is 5.32 Å². The summed E-state index contributed by atoms with van der Waals surface area (Å²) in [5, 5.41) is 13.4. The van der Waals surface area contributed by atoms with Gasteiger partial charge in [0.25, 0.3) is 0 Å². The van der Waals surface area contributed by atoms with E-state index >= 15 is 0 Å². The van der Waals surface area contributed by atoms with Gasteiger partial charge >= 0.3 is 0 Å². The maximum atomic E-state index is 9.70. The Hall–Kier alpha value is -0.810. The van der Waals surface area contributed by atoms with Crippen LogP contribution in [0.4, 0.5) is 0 Å². The van der Waals surface area contributed by atoms with Gasteiger partial charge in [-0.1, -0.05) is 23.7 Å². The molecule has 0 radical (unpaired) electrons. The zero-order valence-corrected chi connectivity index (χ0v) is 10.2. The van der Waals surface area contributed by atoms with Gasteiger partial charge in [-0.25, -0.2) is 0 Å². The van der Waals surface area contributed by atoms with E-state index in [-0.39, 0.29) is 6.61 Å². The SMILES string of the molecule is OC(CNC1COC1)COc1ccccc1Cl. The predicted molar refractivity (Wildman–Crippen MR) is 65.6 cm³/mol. The lowest BCUT2D eigenvalue weighted by Gasteiger charge is -2.28. The molecule has 1 aliphatic rings. The molecular weight excluding hydrogens is 242 g/mol. The van der Waals surface area contributed by atoms with Crippen LogP contribution in [0.2, 0.25) is 5.02 Å². The molecule has 2 N–H and O–H groups in total. The van der Waals surface area contributed by atoms with Crippen LogP contribution in [0.15, 0.2) is 24.3 Å². The van der Waals surface area contributed by atoms with Gasteiger partial charge in [0.15, 0.2) is 0 Å². The van der Waals surface area contributed by atoms with E-state index in [1.807, 2.05) is 12.1 Å². The number of para-hydroxylation sites is 1. The lowest BCUT2D eigenvalue weighted by Crippen LogP contribution is -2.49. The fourth-order valence-electron chi connectivity index (χ4n) is 1.46. The van der Waals surface area contributed by atoms with Crippen molar-refractivity contribution >= 4 is 11.6 Å². The highest BCUT2D eigenvalue weighted by Crippen LogP contribution is 2.22. The highest BCUT2D eigenvalue weighted by Gasteiger charge is 2.18. The Morgan fingerprint density at radius 1 is 1.47 bits per heavy atom. The molecule has 94 valence electrons. The smallest absolute Gasteiger partial charge is 0.138 e. The summed E-state index contributed by atoms with van der Waals surface area (Å²) in [6, 6.07) is 7.58. The number of ether oxygens (including phenoxy) is 2. The molecule has 0 saturated carbocycles. The molecule has 1 atom stereocenters. The van der Waals surface area contributed by atoms with Gasteiger partial charge in [0.1, 0.15) is 18.5 Å². The number of halogens is 1. The summed E-state index contributed by atoms with van der Waals surface area (Å²) in [6.07, 6.45) is -0.549. The summed E-state index contributed by atoms with van der Waals surface area (Å²) in [5.74, 6) is 0.597. The van der Waals surface area contributed by atoms with E-state index in [9.17, 15) is 5.11 Å². The number of rotatable bonds is 6. The first kappa shape index (κ1) is 12.6. The van der Waals surface area contributed by atoms with Crippen molar-refractivity contribution in [2.75, 3.05) is 26.4 Å². The van der Waals surface area contributed by atoms with Crippen LogP contribution in [-0.4, -0.2) is 43.6 Å². The first-order valence-corrected chi connectivity index (χ1v) is 6.00. The third-order valence-corrected chi connectivity index (χ3v) is 2.86. The van der Waals surface area contributed by atoms with Crippen molar-refractivity contribution in [2.45, 2.75) is 12.1 Å². The standard InChI is InChI=1S/C12H16ClNO3/c13-11-3-1-2-4-12(11)17-8-10(15)5-14-9-6-16-7-9/h1-4,9-10,14-15H,5-8H2. The van der Waals surface area contributed by atoms with E-state index in [4.69, 9.17) is 21.1 Å². The van der Waals surface area contributed by atoms with Crippen LogP contribution in [0, 0.1) is 0 Å². The summed E-state index contributed by atoms with van der Waals surface area (Å²) < 4.78 is 10.4. The zero-order valence-electron chi connectivity index (χ0n) is 9.43. The van der Waals surface area contributed by atoms with E-state index in [1.165, 1.54) is 0 Å². The molecule has 0 aromatic heterocycles. The van der Waals surface area contributed by atoms with Crippen molar-refractivity contribution < 1.29 is 14.6 Å². The molecule has 0 aliphatic carbocycles. The lowest BCUT2D eigenvalue weighted by molar-refractivity contribution is -0.0118. The van der Waals surface area contributed by atoms with Crippen LogP contribution in [0.5, 0.6) is 5.75 Å². The highest BCUT2D eigenvalue weighted by molar-refractivity contribution is 6.32. The fraction of sp³-hybridized carbons (Fsp3) is 0.500. The molecular formula is C12H16ClNO3. The Kier molecular flexibility index (Phi) is 4.62. The summed E-state index contributed by atoms with van der Waals surface area (Å²) in [5.41, 5.74) is 0. The Labute approximate surface area is 105 Å². The lowest BCUT2D eigenvalue weighted by atomic mass is 10.2. The third-order valence-electron chi connectivity index (χ3n) is 2.55. The molecule has 1 aliphatic heterocycles. The summed E-state index contributed by atoms with van der Waals surface area (Å²) in [4.78, 5) is 0. The largest absolute Gasteiger partial charge is 0.489 e. The molecule has 1 unspecified atom stereocenters. The normalized spacial score (nSPS) is 17.5. The summed E-state index contributed by atoms with van der Waals surface area (Å²) in [6.45, 7) is 2.17. The van der Waals surface area contributed by atoms with Gasteiger partial charge in [-0.15, -0.1) is 0 Å². The Morgan fingerprint density at radius 3 is 2.88 bits per heavy atom. The number of hydrogen-bond donors (Lipinski definition) is 2. The second-order valence-electron chi connectivity index (χ2n) is 4.04. The molecule has 17 heavy (non-hydrogen) atoms. The van der Waals surface area contributed by atoms with Crippen molar-refractivity contribution in [1.29, 1.82) is 0 Å². The van der Waals surface area contributed by atoms with Gasteiger partial charge in [-0.05, 0) is 12.1 Å². The Balaban J connectivity index is 1.68. The quantitative estimate of drug-likeness (QED) is 0.801. The third kappa shape index (κ3) is 3.85. The van der Waals surface area contributed by atoms with Crippen LogP contribution < -0.4 is 10.1 Å². The van der Waals surface area contributed by atoms with Gasteiger partial charge in [0.2, 0.25) is 0 Å². The minimum absolute atomic E-state index is 0.226. The molecule has 1 fully saturated rings. The maximum absolute atomic E-state index is 9.70. The maximum Gasteiger partial charge on any atom is 0.138 e. The van der Waals surface area contributed by atoms with Gasteiger partial charge in [-0.3, -0.25) is 0 Å². The average molecular weight is 258 g/mol. The molecule has 1 saturated heterocycles. The van der Waals surface area contributed by atoms with Gasteiger partial charge in [-0.2, -0.15) is 0 Å². The average Bonchev–Trinajstić information content (AvgIpc) is 2.26. The van der Waals surface area contributed by atoms with Crippen molar-refractivity contribution in [1.82, 2.24) is 5.32 Å². The summed E-state index contributed by atoms with van der Waals surface area (Å²) in [7, 11) is 0. The van der Waals surface area contributed by atoms with E-state index in [0.717, 1.165) is 13.2 Å². The molecule has 1 aromatic rings. The molecule has 1 aromatic carbocycles. The zero-order chi connectivity index (χ0) is 12.1. The molecule has 1 heterocycles. The van der Waals surface area contributed by atoms with Gasteiger partial charge in [0, 0.05) is 6.54 Å². The second-order valence-corrected chi connectivity index (χ2v) is 4.45. The molecule has 5 heteroatoms. The highest BCUT2D eigenvalue weighted by atomic mass is 35.5.